The first-order valence-electron chi connectivity index (χ1n) is 5.99. The molecule has 0 bridgehead atoms. The smallest absolute Gasteiger partial charge is 0.237 e. The zero-order chi connectivity index (χ0) is 12.8. The molecule has 1 aromatic rings. The second-order valence-electron chi connectivity index (χ2n) is 3.87. The van der Waals surface area contributed by atoms with Gasteiger partial charge in [-0.25, -0.2) is 0 Å². The molecule has 1 aromatic carbocycles. The van der Waals surface area contributed by atoms with E-state index >= 15 is 0 Å². The number of nitrogens with zero attached hydrogens (tertiary/aromatic N) is 1. The van der Waals surface area contributed by atoms with Crippen molar-refractivity contribution in [1.82, 2.24) is 0 Å². The Morgan fingerprint density at radius 2 is 2.28 bits per heavy atom. The molecule has 0 aromatic heterocycles. The van der Waals surface area contributed by atoms with E-state index in [1.165, 1.54) is 0 Å². The summed E-state index contributed by atoms with van der Waals surface area (Å²) in [5.74, 6) is 1.10. The maximum absolute atomic E-state index is 12.1. The molecule has 1 aliphatic heterocycles. The molecular formula is C13H16N2OS2. The van der Waals surface area contributed by atoms with Crippen molar-refractivity contribution >= 4 is 39.5 Å². The molecule has 1 amide bonds. The van der Waals surface area contributed by atoms with E-state index in [9.17, 15) is 4.79 Å². The molecule has 1 aliphatic rings. The highest BCUT2D eigenvalue weighted by Crippen LogP contribution is 2.28. The maximum atomic E-state index is 12.1. The topological polar surface area (TPSA) is 41.5 Å². The van der Waals surface area contributed by atoms with Crippen LogP contribution in [-0.2, 0) is 4.79 Å². The van der Waals surface area contributed by atoms with Crippen molar-refractivity contribution in [3.63, 3.8) is 0 Å². The summed E-state index contributed by atoms with van der Waals surface area (Å²) in [4.78, 5) is 16.5. The average Bonchev–Trinajstić information content (AvgIpc) is 2.90. The van der Waals surface area contributed by atoms with Crippen LogP contribution in [0.4, 0.5) is 5.69 Å². The molecule has 0 saturated carbocycles. The van der Waals surface area contributed by atoms with Crippen molar-refractivity contribution in [3.8, 4) is 0 Å². The largest absolute Gasteiger partial charge is 0.325 e. The number of hydrogen-bond donors (Lipinski definition) is 1. The fraction of sp³-hybridized carbons (Fsp3) is 0.385. The average molecular weight is 280 g/mol. The monoisotopic (exact) mass is 280 g/mol. The van der Waals surface area contributed by atoms with Gasteiger partial charge in [-0.1, -0.05) is 48.6 Å². The van der Waals surface area contributed by atoms with Crippen LogP contribution < -0.4 is 5.32 Å². The third-order valence-corrected chi connectivity index (χ3v) is 5.07. The molecule has 3 nitrogen and oxygen atoms in total. The normalized spacial score (nSPS) is 16.2. The van der Waals surface area contributed by atoms with E-state index in [-0.39, 0.29) is 11.2 Å². The predicted octanol–water partition coefficient (Wildman–Crippen LogP) is 3.24. The van der Waals surface area contributed by atoms with E-state index < -0.39 is 0 Å². The lowest BCUT2D eigenvalue weighted by atomic mass is 10.3. The molecule has 1 atom stereocenters. The number of anilines is 1. The Kier molecular flexibility index (Phi) is 5.13. The molecule has 0 radical (unpaired) electrons. The van der Waals surface area contributed by atoms with Crippen LogP contribution in [-0.4, -0.2) is 27.8 Å². The summed E-state index contributed by atoms with van der Waals surface area (Å²) in [6, 6.07) is 9.57. The molecule has 1 N–H and O–H groups in total. The predicted molar refractivity (Wildman–Crippen MR) is 81.5 cm³/mol. The van der Waals surface area contributed by atoms with E-state index in [1.54, 1.807) is 23.5 Å². The minimum absolute atomic E-state index is 0.0592. The van der Waals surface area contributed by atoms with Crippen molar-refractivity contribution in [2.45, 2.75) is 18.6 Å². The van der Waals surface area contributed by atoms with E-state index in [1.807, 2.05) is 37.3 Å². The highest BCUT2D eigenvalue weighted by atomic mass is 32.2. The third-order valence-electron chi connectivity index (χ3n) is 2.51. The van der Waals surface area contributed by atoms with Crippen LogP contribution in [0.1, 0.15) is 13.3 Å². The number of nitrogens with one attached hydrogen (secondary N) is 1. The lowest BCUT2D eigenvalue weighted by molar-refractivity contribution is -0.115. The molecule has 5 heteroatoms. The SMILES string of the molecule is CCC(SC1=NCCS1)C(=O)Nc1ccccc1. The van der Waals surface area contributed by atoms with Crippen molar-refractivity contribution < 1.29 is 4.79 Å². The first-order valence-corrected chi connectivity index (χ1v) is 7.86. The van der Waals surface area contributed by atoms with Gasteiger partial charge >= 0.3 is 0 Å². The molecule has 0 aliphatic carbocycles. The zero-order valence-electron chi connectivity index (χ0n) is 10.3. The number of para-hydroxylation sites is 1. The fourth-order valence-corrected chi connectivity index (χ4v) is 3.73. The number of carbonyl (C=O) groups excluding carboxylic acids is 1. The van der Waals surface area contributed by atoms with Crippen LogP contribution >= 0.6 is 23.5 Å². The summed E-state index contributed by atoms with van der Waals surface area (Å²) in [7, 11) is 0. The van der Waals surface area contributed by atoms with Crippen LogP contribution in [0.2, 0.25) is 0 Å². The van der Waals surface area contributed by atoms with Gasteiger partial charge in [-0.15, -0.1) is 0 Å². The summed E-state index contributed by atoms with van der Waals surface area (Å²) < 4.78 is 1.05. The number of rotatable bonds is 4. The summed E-state index contributed by atoms with van der Waals surface area (Å²) >= 11 is 3.32. The number of thioether (sulfide) groups is 2. The van der Waals surface area contributed by atoms with E-state index in [2.05, 4.69) is 10.3 Å². The Balaban J connectivity index is 1.93. The number of hydrogen-bond acceptors (Lipinski definition) is 4. The van der Waals surface area contributed by atoms with Crippen molar-refractivity contribution in [2.75, 3.05) is 17.6 Å². The Labute approximate surface area is 116 Å². The van der Waals surface area contributed by atoms with Gasteiger partial charge in [0.25, 0.3) is 0 Å². The molecule has 96 valence electrons. The second kappa shape index (κ2) is 6.85. The summed E-state index contributed by atoms with van der Waals surface area (Å²) in [6.45, 7) is 2.91. The Morgan fingerprint density at radius 1 is 1.50 bits per heavy atom. The summed E-state index contributed by atoms with van der Waals surface area (Å²) in [5.41, 5.74) is 0.850. The number of amides is 1. The van der Waals surface area contributed by atoms with Gasteiger partial charge in [0.1, 0.15) is 4.38 Å². The molecule has 1 unspecified atom stereocenters. The standard InChI is InChI=1S/C13H16N2OS2/c1-2-11(18-13-14-8-9-17-13)12(16)15-10-6-4-3-5-7-10/h3-7,11H,2,8-9H2,1H3,(H,15,16). The zero-order valence-corrected chi connectivity index (χ0v) is 11.9. The van der Waals surface area contributed by atoms with Gasteiger partial charge < -0.3 is 5.32 Å². The van der Waals surface area contributed by atoms with Gasteiger partial charge in [0.2, 0.25) is 5.91 Å². The Morgan fingerprint density at radius 3 is 2.89 bits per heavy atom. The first-order chi connectivity index (χ1) is 8.79. The van der Waals surface area contributed by atoms with Crippen molar-refractivity contribution in [3.05, 3.63) is 30.3 Å². The lowest BCUT2D eigenvalue weighted by Crippen LogP contribution is -2.25. The third kappa shape index (κ3) is 3.78. The number of carbonyl (C=O) groups is 1. The van der Waals surface area contributed by atoms with Gasteiger partial charge in [-0.3, -0.25) is 9.79 Å². The molecule has 1 heterocycles. The Bertz CT molecular complexity index is 434. The maximum Gasteiger partial charge on any atom is 0.237 e. The Hall–Kier alpha value is -0.940. The first kappa shape index (κ1) is 13.5. The van der Waals surface area contributed by atoms with E-state index in [0.717, 1.165) is 28.8 Å². The molecule has 0 fully saturated rings. The lowest BCUT2D eigenvalue weighted by Gasteiger charge is -2.14. The molecule has 2 rings (SSSR count). The van der Waals surface area contributed by atoms with Gasteiger partial charge in [0.05, 0.1) is 11.8 Å². The van der Waals surface area contributed by atoms with Crippen LogP contribution in [0.3, 0.4) is 0 Å². The quantitative estimate of drug-likeness (QED) is 0.920. The number of aliphatic imine (C=N–C) groups is 1. The highest BCUT2D eigenvalue weighted by molar-refractivity contribution is 8.39. The van der Waals surface area contributed by atoms with Crippen LogP contribution in [0.25, 0.3) is 0 Å². The highest BCUT2D eigenvalue weighted by Gasteiger charge is 2.21. The molecule has 18 heavy (non-hydrogen) atoms. The van der Waals surface area contributed by atoms with Crippen LogP contribution in [0.5, 0.6) is 0 Å². The van der Waals surface area contributed by atoms with Crippen LogP contribution in [0, 0.1) is 0 Å². The van der Waals surface area contributed by atoms with Crippen molar-refractivity contribution in [1.29, 1.82) is 0 Å². The summed E-state index contributed by atoms with van der Waals surface area (Å²) in [5, 5.41) is 2.88. The minimum atomic E-state index is -0.0606. The van der Waals surface area contributed by atoms with Crippen LogP contribution in [0.15, 0.2) is 35.3 Å². The molecule has 0 saturated heterocycles. The fourth-order valence-electron chi connectivity index (χ4n) is 1.58. The molecular weight excluding hydrogens is 264 g/mol. The second-order valence-corrected chi connectivity index (χ2v) is 6.40. The van der Waals surface area contributed by atoms with E-state index in [4.69, 9.17) is 0 Å². The van der Waals surface area contributed by atoms with Gasteiger partial charge in [-0.2, -0.15) is 0 Å². The minimum Gasteiger partial charge on any atom is -0.325 e. The van der Waals surface area contributed by atoms with Gasteiger partial charge in [-0.05, 0) is 18.6 Å². The van der Waals surface area contributed by atoms with Gasteiger partial charge in [0.15, 0.2) is 0 Å². The number of benzene rings is 1. The molecule has 0 spiro atoms. The van der Waals surface area contributed by atoms with Crippen molar-refractivity contribution in [2.24, 2.45) is 4.99 Å². The van der Waals surface area contributed by atoms with E-state index in [0.29, 0.717) is 0 Å². The van der Waals surface area contributed by atoms with Gasteiger partial charge in [0, 0.05) is 11.4 Å². The summed E-state index contributed by atoms with van der Waals surface area (Å²) in [6.07, 6.45) is 0.808.